The van der Waals surface area contributed by atoms with E-state index in [1.165, 1.54) is 0 Å². The van der Waals surface area contributed by atoms with Crippen molar-refractivity contribution in [1.82, 2.24) is 24.5 Å². The van der Waals surface area contributed by atoms with Crippen LogP contribution in [0, 0.1) is 0 Å². The third-order valence-electron chi connectivity index (χ3n) is 5.54. The first-order chi connectivity index (χ1) is 14.0. The van der Waals surface area contributed by atoms with Crippen LogP contribution in [0.25, 0.3) is 16.7 Å². The summed E-state index contributed by atoms with van der Waals surface area (Å²) >= 11 is 0. The number of carbonyl (C=O) groups is 1. The normalized spacial score (nSPS) is 11.7. The molecule has 0 saturated heterocycles. The molecule has 0 aromatic carbocycles. The Morgan fingerprint density at radius 1 is 1.10 bits per heavy atom. The Morgan fingerprint density at radius 2 is 1.79 bits per heavy atom. The molecule has 1 amide bonds. The lowest BCUT2D eigenvalue weighted by atomic mass is 10.1. The van der Waals surface area contributed by atoms with Crippen LogP contribution in [0.2, 0.25) is 0 Å². The molecule has 1 N–H and O–H groups in total. The molecule has 0 saturated carbocycles. The van der Waals surface area contributed by atoms with Crippen molar-refractivity contribution in [3.8, 4) is 0 Å². The highest BCUT2D eigenvalue weighted by Gasteiger charge is 2.28. The SMILES string of the molecule is CCC(CC)Nc1c(C(=O)N(CC)CC)c2nnc(C(C)C)n2c2ncccc12. The summed E-state index contributed by atoms with van der Waals surface area (Å²) in [5, 5.41) is 13.5. The average Bonchev–Trinajstić information content (AvgIpc) is 3.17. The van der Waals surface area contributed by atoms with Gasteiger partial charge in [0.25, 0.3) is 5.91 Å². The summed E-state index contributed by atoms with van der Waals surface area (Å²) in [7, 11) is 0. The molecule has 0 bridgehead atoms. The lowest BCUT2D eigenvalue weighted by molar-refractivity contribution is 0.0775. The van der Waals surface area contributed by atoms with E-state index in [0.29, 0.717) is 24.3 Å². The first kappa shape index (κ1) is 21.0. The van der Waals surface area contributed by atoms with Crippen LogP contribution in [0.4, 0.5) is 5.69 Å². The molecule has 0 radical (unpaired) electrons. The van der Waals surface area contributed by atoms with E-state index in [4.69, 9.17) is 0 Å². The molecule has 0 aliphatic rings. The van der Waals surface area contributed by atoms with Gasteiger partial charge in [-0.15, -0.1) is 10.2 Å². The molecule has 3 aromatic heterocycles. The topological polar surface area (TPSA) is 75.4 Å². The highest BCUT2D eigenvalue weighted by Crippen LogP contribution is 2.33. The van der Waals surface area contributed by atoms with Gasteiger partial charge in [0.15, 0.2) is 5.65 Å². The molecular weight excluding hydrogens is 364 g/mol. The second-order valence-electron chi connectivity index (χ2n) is 7.63. The fourth-order valence-electron chi connectivity index (χ4n) is 3.78. The largest absolute Gasteiger partial charge is 0.381 e. The Labute approximate surface area is 172 Å². The van der Waals surface area contributed by atoms with Gasteiger partial charge in [-0.25, -0.2) is 4.98 Å². The Hall–Kier alpha value is -2.70. The monoisotopic (exact) mass is 396 g/mol. The molecule has 7 heteroatoms. The van der Waals surface area contributed by atoms with E-state index in [9.17, 15) is 4.79 Å². The number of pyridine rings is 2. The number of nitrogens with zero attached hydrogens (tertiary/aromatic N) is 5. The Kier molecular flexibility index (Phi) is 6.35. The van der Waals surface area contributed by atoms with Gasteiger partial charge in [-0.05, 0) is 38.8 Å². The van der Waals surface area contributed by atoms with Gasteiger partial charge in [-0.2, -0.15) is 0 Å². The Bertz CT molecular complexity index is 1000. The standard InChI is InChI=1S/C22H32N6O/c1-7-15(8-2)24-18-16-12-11-13-23-20(16)28-19(14(5)6)25-26-21(28)17(18)22(29)27(9-3)10-4/h11-15,24H,7-10H2,1-6H3. The zero-order valence-electron chi connectivity index (χ0n) is 18.4. The zero-order valence-corrected chi connectivity index (χ0v) is 18.4. The lowest BCUT2D eigenvalue weighted by Gasteiger charge is -2.25. The number of anilines is 1. The van der Waals surface area contributed by atoms with Gasteiger partial charge in [0.1, 0.15) is 17.0 Å². The number of aromatic nitrogens is 4. The maximum atomic E-state index is 13.6. The molecule has 3 rings (SSSR count). The van der Waals surface area contributed by atoms with E-state index in [1.54, 1.807) is 6.20 Å². The van der Waals surface area contributed by atoms with Gasteiger partial charge < -0.3 is 10.2 Å². The number of fused-ring (bicyclic) bond motifs is 3. The van der Waals surface area contributed by atoms with Gasteiger partial charge in [0.05, 0.1) is 5.69 Å². The highest BCUT2D eigenvalue weighted by atomic mass is 16.2. The Morgan fingerprint density at radius 3 is 2.38 bits per heavy atom. The van der Waals surface area contributed by atoms with Crippen molar-refractivity contribution in [2.24, 2.45) is 0 Å². The molecule has 3 aromatic rings. The minimum absolute atomic E-state index is 0.0260. The molecule has 156 valence electrons. The van der Waals surface area contributed by atoms with E-state index < -0.39 is 0 Å². The van der Waals surface area contributed by atoms with Gasteiger partial charge in [0.2, 0.25) is 0 Å². The van der Waals surface area contributed by atoms with Crippen LogP contribution in [0.1, 0.15) is 76.5 Å². The molecule has 0 atom stereocenters. The molecule has 0 unspecified atom stereocenters. The summed E-state index contributed by atoms with van der Waals surface area (Å²) < 4.78 is 1.95. The van der Waals surface area contributed by atoms with Crippen molar-refractivity contribution >= 4 is 28.3 Å². The number of hydrogen-bond acceptors (Lipinski definition) is 5. The second kappa shape index (κ2) is 8.76. The first-order valence-corrected chi connectivity index (χ1v) is 10.7. The maximum Gasteiger partial charge on any atom is 0.259 e. The molecule has 29 heavy (non-hydrogen) atoms. The number of hydrogen-bond donors (Lipinski definition) is 1. The van der Waals surface area contributed by atoms with E-state index in [0.717, 1.165) is 35.4 Å². The molecule has 0 fully saturated rings. The summed E-state index contributed by atoms with van der Waals surface area (Å²) in [6, 6.07) is 4.20. The van der Waals surface area contributed by atoms with Gasteiger partial charge in [0, 0.05) is 36.6 Å². The maximum absolute atomic E-state index is 13.6. The predicted molar refractivity (Wildman–Crippen MR) is 118 cm³/mol. The summed E-state index contributed by atoms with van der Waals surface area (Å²) in [4.78, 5) is 20.1. The number of rotatable bonds is 8. The first-order valence-electron chi connectivity index (χ1n) is 10.7. The minimum atomic E-state index is -0.0260. The fourth-order valence-corrected chi connectivity index (χ4v) is 3.78. The zero-order chi connectivity index (χ0) is 21.1. The van der Waals surface area contributed by atoms with Crippen LogP contribution in [0.15, 0.2) is 18.3 Å². The van der Waals surface area contributed by atoms with Crippen molar-refractivity contribution in [2.75, 3.05) is 18.4 Å². The van der Waals surface area contributed by atoms with E-state index in [2.05, 4.69) is 48.2 Å². The molecular formula is C22H32N6O. The molecule has 7 nitrogen and oxygen atoms in total. The van der Waals surface area contributed by atoms with Crippen LogP contribution >= 0.6 is 0 Å². The van der Waals surface area contributed by atoms with Crippen molar-refractivity contribution in [2.45, 2.75) is 66.3 Å². The van der Waals surface area contributed by atoms with Crippen molar-refractivity contribution < 1.29 is 4.79 Å². The number of nitrogens with one attached hydrogen (secondary N) is 1. The average molecular weight is 397 g/mol. The van der Waals surface area contributed by atoms with Gasteiger partial charge in [-0.1, -0.05) is 27.7 Å². The van der Waals surface area contributed by atoms with E-state index in [1.807, 2.05) is 35.3 Å². The van der Waals surface area contributed by atoms with Crippen molar-refractivity contribution in [1.29, 1.82) is 0 Å². The van der Waals surface area contributed by atoms with Crippen LogP contribution in [0.3, 0.4) is 0 Å². The number of carbonyl (C=O) groups excluding carboxylic acids is 1. The molecule has 0 aliphatic carbocycles. The fraction of sp³-hybridized carbons (Fsp3) is 0.545. The highest BCUT2D eigenvalue weighted by molar-refractivity contribution is 6.12. The summed E-state index contributed by atoms with van der Waals surface area (Å²) in [6.07, 6.45) is 3.71. The van der Waals surface area contributed by atoms with E-state index >= 15 is 0 Å². The second-order valence-corrected chi connectivity index (χ2v) is 7.63. The van der Waals surface area contributed by atoms with Gasteiger partial charge >= 0.3 is 0 Å². The summed E-state index contributed by atoms with van der Waals surface area (Å²) in [6.45, 7) is 13.7. The molecule has 0 spiro atoms. The van der Waals surface area contributed by atoms with Crippen LogP contribution in [-0.4, -0.2) is 49.5 Å². The summed E-state index contributed by atoms with van der Waals surface area (Å²) in [5.74, 6) is 0.942. The van der Waals surface area contributed by atoms with Crippen LogP contribution < -0.4 is 5.32 Å². The third-order valence-corrected chi connectivity index (χ3v) is 5.54. The van der Waals surface area contributed by atoms with Crippen molar-refractivity contribution in [3.05, 3.63) is 29.7 Å². The predicted octanol–water partition coefficient (Wildman–Crippen LogP) is 4.48. The lowest BCUT2D eigenvalue weighted by Crippen LogP contribution is -2.32. The third kappa shape index (κ3) is 3.66. The molecule has 3 heterocycles. The van der Waals surface area contributed by atoms with E-state index in [-0.39, 0.29) is 17.9 Å². The minimum Gasteiger partial charge on any atom is -0.381 e. The quantitative estimate of drug-likeness (QED) is 0.607. The number of amides is 1. The Balaban J connectivity index is 2.43. The smallest absolute Gasteiger partial charge is 0.259 e. The molecule has 0 aliphatic heterocycles. The van der Waals surface area contributed by atoms with Crippen molar-refractivity contribution in [3.63, 3.8) is 0 Å². The van der Waals surface area contributed by atoms with Crippen LogP contribution in [-0.2, 0) is 0 Å². The van der Waals surface area contributed by atoms with Crippen LogP contribution in [0.5, 0.6) is 0 Å². The summed E-state index contributed by atoms with van der Waals surface area (Å²) in [5.41, 5.74) is 2.75. The van der Waals surface area contributed by atoms with Gasteiger partial charge in [-0.3, -0.25) is 9.20 Å².